The Hall–Kier alpha value is -2.57. The molecule has 34 heavy (non-hydrogen) atoms. The Morgan fingerprint density at radius 2 is 1.71 bits per heavy atom. The maximum atomic E-state index is 12.1. The molecule has 0 aliphatic heterocycles. The van der Waals surface area contributed by atoms with Gasteiger partial charge in [0.2, 0.25) is 5.91 Å². The fourth-order valence-corrected chi connectivity index (χ4v) is 7.05. The van der Waals surface area contributed by atoms with E-state index in [-0.39, 0.29) is 29.4 Å². The lowest BCUT2D eigenvalue weighted by atomic mass is 9.58. The standard InChI is InChI=1S/C27H37NO6/c1-6-32-24-13-20-18-11-12-27(5)22(8-10-26(27)34-17(4)31)19(18)7-9-23(28-15(2)29)21(20)14-25(24)33-16(3)30/h13-14,18-19,22-23,26H,6-12H2,1-5H3,(H,28,29)/t18?,19?,22?,23-,26+,27+/m1/s1. The molecule has 1 aromatic carbocycles. The summed E-state index contributed by atoms with van der Waals surface area (Å²) in [6.07, 6.45) is 5.66. The summed E-state index contributed by atoms with van der Waals surface area (Å²) >= 11 is 0. The highest BCUT2D eigenvalue weighted by atomic mass is 16.6. The van der Waals surface area contributed by atoms with Crippen LogP contribution in [0.1, 0.15) is 96.2 Å². The third-order valence-corrected chi connectivity index (χ3v) is 8.30. The van der Waals surface area contributed by atoms with Crippen molar-refractivity contribution < 1.29 is 28.6 Å². The van der Waals surface area contributed by atoms with E-state index in [0.717, 1.165) is 44.1 Å². The monoisotopic (exact) mass is 471 g/mol. The average molecular weight is 472 g/mol. The summed E-state index contributed by atoms with van der Waals surface area (Å²) in [5, 5.41) is 3.13. The number of hydrogen-bond acceptors (Lipinski definition) is 6. The van der Waals surface area contributed by atoms with E-state index in [4.69, 9.17) is 14.2 Å². The minimum absolute atomic E-state index is 0.0265. The molecule has 0 spiro atoms. The molecule has 186 valence electrons. The second kappa shape index (κ2) is 9.59. The normalized spacial score (nSPS) is 31.9. The fraction of sp³-hybridized carbons (Fsp3) is 0.667. The van der Waals surface area contributed by atoms with Gasteiger partial charge in [-0.1, -0.05) is 6.92 Å². The molecule has 2 fully saturated rings. The van der Waals surface area contributed by atoms with Gasteiger partial charge in [0.05, 0.1) is 12.6 Å². The highest BCUT2D eigenvalue weighted by Crippen LogP contribution is 2.62. The molecule has 3 unspecified atom stereocenters. The molecule has 0 radical (unpaired) electrons. The van der Waals surface area contributed by atoms with Crippen LogP contribution in [0.2, 0.25) is 0 Å². The summed E-state index contributed by atoms with van der Waals surface area (Å²) < 4.78 is 17.2. The average Bonchev–Trinajstić information content (AvgIpc) is 2.99. The summed E-state index contributed by atoms with van der Waals surface area (Å²) in [5.41, 5.74) is 2.17. The van der Waals surface area contributed by atoms with Crippen molar-refractivity contribution in [1.82, 2.24) is 5.32 Å². The quantitative estimate of drug-likeness (QED) is 0.489. The summed E-state index contributed by atoms with van der Waals surface area (Å²) in [5.74, 6) is 1.46. The van der Waals surface area contributed by atoms with Crippen molar-refractivity contribution in [3.63, 3.8) is 0 Å². The van der Waals surface area contributed by atoms with Crippen molar-refractivity contribution in [3.8, 4) is 11.5 Å². The molecule has 3 aliphatic rings. The lowest BCUT2D eigenvalue weighted by Crippen LogP contribution is -2.43. The minimum atomic E-state index is -0.403. The van der Waals surface area contributed by atoms with Crippen molar-refractivity contribution in [3.05, 3.63) is 23.3 Å². The predicted molar refractivity (Wildman–Crippen MR) is 127 cm³/mol. The first-order chi connectivity index (χ1) is 16.1. The second-order valence-electron chi connectivity index (χ2n) is 10.4. The Morgan fingerprint density at radius 1 is 0.971 bits per heavy atom. The number of nitrogens with one attached hydrogen (secondary N) is 1. The first kappa shape index (κ1) is 24.6. The summed E-state index contributed by atoms with van der Waals surface area (Å²) in [6.45, 7) is 9.08. The van der Waals surface area contributed by atoms with Crippen LogP contribution in [0, 0.1) is 17.3 Å². The number of rotatable bonds is 5. The van der Waals surface area contributed by atoms with Crippen molar-refractivity contribution in [1.29, 1.82) is 0 Å². The molecule has 7 heteroatoms. The number of carbonyl (C=O) groups is 3. The van der Waals surface area contributed by atoms with E-state index < -0.39 is 5.97 Å². The molecule has 4 rings (SSSR count). The second-order valence-corrected chi connectivity index (χ2v) is 10.4. The first-order valence-electron chi connectivity index (χ1n) is 12.6. The Kier molecular flexibility index (Phi) is 6.92. The van der Waals surface area contributed by atoms with Gasteiger partial charge in [-0.3, -0.25) is 14.4 Å². The van der Waals surface area contributed by atoms with Crippen LogP contribution in [-0.4, -0.2) is 30.6 Å². The predicted octanol–water partition coefficient (Wildman–Crippen LogP) is 4.82. The van der Waals surface area contributed by atoms with E-state index in [2.05, 4.69) is 12.2 Å². The van der Waals surface area contributed by atoms with Crippen LogP contribution in [0.15, 0.2) is 12.1 Å². The van der Waals surface area contributed by atoms with E-state index >= 15 is 0 Å². The van der Waals surface area contributed by atoms with Crippen LogP contribution in [0.3, 0.4) is 0 Å². The van der Waals surface area contributed by atoms with Gasteiger partial charge in [0.1, 0.15) is 6.10 Å². The van der Waals surface area contributed by atoms with Gasteiger partial charge in [-0.25, -0.2) is 0 Å². The van der Waals surface area contributed by atoms with Gasteiger partial charge in [-0.2, -0.15) is 0 Å². The zero-order chi connectivity index (χ0) is 24.6. The summed E-state index contributed by atoms with van der Waals surface area (Å²) in [6, 6.07) is 3.78. The van der Waals surface area contributed by atoms with E-state index in [9.17, 15) is 14.4 Å². The summed E-state index contributed by atoms with van der Waals surface area (Å²) in [4.78, 5) is 35.6. The van der Waals surface area contributed by atoms with Crippen molar-refractivity contribution >= 4 is 17.8 Å². The van der Waals surface area contributed by atoms with Gasteiger partial charge >= 0.3 is 11.9 Å². The number of ether oxygens (including phenoxy) is 3. The highest BCUT2D eigenvalue weighted by molar-refractivity contribution is 5.74. The molecule has 1 N–H and O–H groups in total. The van der Waals surface area contributed by atoms with Crippen LogP contribution in [0.5, 0.6) is 11.5 Å². The number of hydrogen-bond donors (Lipinski definition) is 1. The number of esters is 2. The van der Waals surface area contributed by atoms with Gasteiger partial charge in [0.15, 0.2) is 11.5 Å². The molecule has 6 atom stereocenters. The lowest BCUT2D eigenvalue weighted by Gasteiger charge is -2.48. The van der Waals surface area contributed by atoms with Gasteiger partial charge in [-0.15, -0.1) is 0 Å². The smallest absolute Gasteiger partial charge is 0.308 e. The SMILES string of the molecule is CCOc1cc2c(cc1OC(C)=O)[C@H](NC(C)=O)CCC1C2CC[C@@]2(C)C1CC[C@@H]2OC(C)=O. The van der Waals surface area contributed by atoms with Gasteiger partial charge in [0, 0.05) is 26.2 Å². The largest absolute Gasteiger partial charge is 0.490 e. The first-order valence-corrected chi connectivity index (χ1v) is 12.6. The van der Waals surface area contributed by atoms with E-state index in [0.29, 0.717) is 35.9 Å². The third kappa shape index (κ3) is 4.53. The number of carbonyl (C=O) groups excluding carboxylic acids is 3. The molecule has 1 aromatic rings. The van der Waals surface area contributed by atoms with E-state index in [1.807, 2.05) is 19.1 Å². The zero-order valence-electron chi connectivity index (χ0n) is 20.9. The van der Waals surface area contributed by atoms with Crippen molar-refractivity contribution in [2.75, 3.05) is 6.61 Å². The van der Waals surface area contributed by atoms with Crippen molar-refractivity contribution in [2.45, 2.75) is 91.2 Å². The molecular formula is C27H37NO6. The van der Waals surface area contributed by atoms with Gasteiger partial charge in [-0.05, 0) is 86.5 Å². The minimum Gasteiger partial charge on any atom is -0.490 e. The van der Waals surface area contributed by atoms with Gasteiger partial charge < -0.3 is 19.5 Å². The molecule has 0 saturated heterocycles. The highest BCUT2D eigenvalue weighted by Gasteiger charge is 2.56. The number of benzene rings is 1. The number of fused-ring (bicyclic) bond motifs is 5. The van der Waals surface area contributed by atoms with Crippen LogP contribution in [-0.2, 0) is 19.1 Å². The molecule has 2 saturated carbocycles. The topological polar surface area (TPSA) is 90.9 Å². The van der Waals surface area contributed by atoms with Crippen LogP contribution >= 0.6 is 0 Å². The van der Waals surface area contributed by atoms with Gasteiger partial charge in [0.25, 0.3) is 0 Å². The molecule has 3 aliphatic carbocycles. The Bertz CT molecular complexity index is 974. The third-order valence-electron chi connectivity index (χ3n) is 8.30. The maximum absolute atomic E-state index is 12.1. The lowest BCUT2D eigenvalue weighted by molar-refractivity contribution is -0.154. The van der Waals surface area contributed by atoms with Crippen molar-refractivity contribution in [2.24, 2.45) is 17.3 Å². The molecular weight excluding hydrogens is 434 g/mol. The molecule has 0 aromatic heterocycles. The fourth-order valence-electron chi connectivity index (χ4n) is 7.05. The Balaban J connectivity index is 1.77. The van der Waals surface area contributed by atoms with Crippen LogP contribution < -0.4 is 14.8 Å². The zero-order valence-corrected chi connectivity index (χ0v) is 20.9. The Labute approximate surface area is 201 Å². The molecule has 0 heterocycles. The Morgan fingerprint density at radius 3 is 2.35 bits per heavy atom. The molecule has 7 nitrogen and oxygen atoms in total. The number of amides is 1. The molecule has 0 bridgehead atoms. The van der Waals surface area contributed by atoms with Crippen LogP contribution in [0.25, 0.3) is 0 Å². The molecule has 1 amide bonds. The van der Waals surface area contributed by atoms with E-state index in [1.54, 1.807) is 0 Å². The van der Waals surface area contributed by atoms with E-state index in [1.165, 1.54) is 26.3 Å². The summed E-state index contributed by atoms with van der Waals surface area (Å²) in [7, 11) is 0. The van der Waals surface area contributed by atoms with Crippen LogP contribution in [0.4, 0.5) is 0 Å². The maximum Gasteiger partial charge on any atom is 0.308 e.